The molecule has 0 saturated heterocycles. The topological polar surface area (TPSA) is 9.23 Å². The maximum atomic E-state index is 6.43. The summed E-state index contributed by atoms with van der Waals surface area (Å²) in [4.78, 5) is 0. The van der Waals surface area contributed by atoms with Crippen LogP contribution in [0.3, 0.4) is 0 Å². The van der Waals surface area contributed by atoms with Crippen molar-refractivity contribution < 1.29 is 3.07 Å². The number of hydrogen-bond acceptors (Lipinski definition) is 1. The van der Waals surface area contributed by atoms with Gasteiger partial charge in [0.25, 0.3) is 0 Å². The van der Waals surface area contributed by atoms with E-state index in [9.17, 15) is 0 Å². The summed E-state index contributed by atoms with van der Waals surface area (Å²) in [6.45, 7) is 21.7. The van der Waals surface area contributed by atoms with Crippen LogP contribution in [-0.2, 0) is 3.07 Å². The van der Waals surface area contributed by atoms with Crippen molar-refractivity contribution in [3.63, 3.8) is 0 Å². The predicted octanol–water partition coefficient (Wildman–Crippen LogP) is 5.48. The maximum absolute atomic E-state index is 6.43. The quantitative estimate of drug-likeness (QED) is 0.286. The van der Waals surface area contributed by atoms with Gasteiger partial charge >= 0.3 is 119 Å². The molecule has 0 amide bonds. The zero-order chi connectivity index (χ0) is 14.2. The van der Waals surface area contributed by atoms with Crippen molar-refractivity contribution in [2.45, 2.75) is 53.8 Å². The first-order valence-electron chi connectivity index (χ1n) is 6.88. The number of hydrogen-bond donors (Lipinski definition) is 0. The van der Waals surface area contributed by atoms with Crippen LogP contribution in [0.15, 0.2) is 36.5 Å². The van der Waals surface area contributed by atoms with Crippen LogP contribution < -0.4 is 0 Å². The van der Waals surface area contributed by atoms with Crippen molar-refractivity contribution in [3.8, 4) is 0 Å². The molecule has 0 saturated carbocycles. The summed E-state index contributed by atoms with van der Waals surface area (Å²) in [5.74, 6) is 0. The minimum atomic E-state index is -2.66. The first kappa shape index (κ1) is 18.0. The average molecular weight is 357 g/mol. The predicted molar refractivity (Wildman–Crippen MR) is 85.5 cm³/mol. The van der Waals surface area contributed by atoms with Crippen LogP contribution in [0.25, 0.3) is 0 Å². The summed E-state index contributed by atoms with van der Waals surface area (Å²) in [5.41, 5.74) is 3.76. The number of allylic oxidation sites excluding steroid dienone is 3. The van der Waals surface area contributed by atoms with Crippen molar-refractivity contribution in [1.82, 2.24) is 0 Å². The Hall–Kier alpha value is -0.0213. The van der Waals surface area contributed by atoms with E-state index in [2.05, 4.69) is 47.4 Å². The van der Waals surface area contributed by atoms with Crippen LogP contribution in [0.2, 0.25) is 13.3 Å². The molecule has 0 aliphatic carbocycles. The van der Waals surface area contributed by atoms with Crippen LogP contribution in [0, 0.1) is 0 Å². The molecule has 104 valence electrons. The van der Waals surface area contributed by atoms with Gasteiger partial charge in [-0.2, -0.15) is 0 Å². The fourth-order valence-electron chi connectivity index (χ4n) is 2.42. The normalized spacial score (nSPS) is 11.3. The average Bonchev–Trinajstić information content (AvgIpc) is 2.13. The van der Waals surface area contributed by atoms with E-state index in [1.54, 1.807) is 0 Å². The van der Waals surface area contributed by atoms with E-state index in [-0.39, 0.29) is 0 Å². The molecular weight excluding hydrogens is 327 g/mol. The van der Waals surface area contributed by atoms with Crippen LogP contribution in [0.5, 0.6) is 0 Å². The summed E-state index contributed by atoms with van der Waals surface area (Å²) in [5, 5.41) is 0. The summed E-state index contributed by atoms with van der Waals surface area (Å²) in [6.07, 6.45) is 2.34. The Morgan fingerprint density at radius 3 is 1.56 bits per heavy atom. The molecule has 0 bridgehead atoms. The first-order valence-corrected chi connectivity index (χ1v) is 14.1. The Bertz CT molecular complexity index is 263. The second-order valence-corrected chi connectivity index (χ2v) is 16.4. The summed E-state index contributed by atoms with van der Waals surface area (Å²) < 4.78 is 9.72. The Morgan fingerprint density at radius 2 is 1.28 bits per heavy atom. The Morgan fingerprint density at radius 1 is 0.889 bits per heavy atom. The molecule has 0 N–H and O–H groups in total. The van der Waals surface area contributed by atoms with Gasteiger partial charge in [0, 0.05) is 0 Å². The Balaban J connectivity index is 4.90. The van der Waals surface area contributed by atoms with Crippen molar-refractivity contribution in [3.05, 3.63) is 36.5 Å². The van der Waals surface area contributed by atoms with E-state index in [4.69, 9.17) is 3.07 Å². The first-order chi connectivity index (χ1) is 8.31. The minimum absolute atomic E-state index is 0.903. The van der Waals surface area contributed by atoms with Crippen LogP contribution in [0.4, 0.5) is 0 Å². The molecule has 0 fully saturated rings. The summed E-state index contributed by atoms with van der Waals surface area (Å²) in [7, 11) is 0. The molecule has 0 aromatic heterocycles. The summed E-state index contributed by atoms with van der Waals surface area (Å²) >= 11 is -2.66. The van der Waals surface area contributed by atoms with Gasteiger partial charge in [-0.05, 0) is 0 Å². The second-order valence-electron chi connectivity index (χ2n) is 5.79. The third-order valence-electron chi connectivity index (χ3n) is 2.78. The molecule has 0 rings (SSSR count). The fourth-order valence-corrected chi connectivity index (χ4v) is 15.4. The molecule has 0 aliphatic heterocycles. The zero-order valence-corrected chi connectivity index (χ0v) is 15.6. The summed E-state index contributed by atoms with van der Waals surface area (Å²) in [6, 6.07) is 0. The van der Waals surface area contributed by atoms with Gasteiger partial charge in [-0.3, -0.25) is 0 Å². The molecular formula is C16H30OSn. The van der Waals surface area contributed by atoms with Gasteiger partial charge in [0.2, 0.25) is 0 Å². The second kappa shape index (κ2) is 8.97. The monoisotopic (exact) mass is 358 g/mol. The van der Waals surface area contributed by atoms with Crippen LogP contribution in [0.1, 0.15) is 40.5 Å². The van der Waals surface area contributed by atoms with Gasteiger partial charge < -0.3 is 0 Å². The zero-order valence-electron chi connectivity index (χ0n) is 12.8. The van der Waals surface area contributed by atoms with Crippen LogP contribution >= 0.6 is 0 Å². The molecule has 1 nitrogen and oxygen atoms in total. The van der Waals surface area contributed by atoms with E-state index in [0.29, 0.717) is 0 Å². The molecule has 0 aromatic rings. The molecule has 0 unspecified atom stereocenters. The van der Waals surface area contributed by atoms with E-state index < -0.39 is 18.8 Å². The molecule has 0 heterocycles. The van der Waals surface area contributed by atoms with E-state index in [0.717, 1.165) is 26.3 Å². The molecule has 0 spiro atoms. The van der Waals surface area contributed by atoms with Crippen molar-refractivity contribution in [1.29, 1.82) is 0 Å². The van der Waals surface area contributed by atoms with Gasteiger partial charge in [-0.1, -0.05) is 0 Å². The Kier molecular flexibility index (Phi) is 8.96. The van der Waals surface area contributed by atoms with Crippen molar-refractivity contribution in [2.75, 3.05) is 6.61 Å². The van der Waals surface area contributed by atoms with E-state index in [1.165, 1.54) is 23.1 Å². The third-order valence-corrected chi connectivity index (χ3v) is 15.8. The molecule has 0 aromatic carbocycles. The number of rotatable bonds is 10. The fraction of sp³-hybridized carbons (Fsp3) is 0.625. The molecule has 2 heteroatoms. The molecule has 0 aliphatic rings. The van der Waals surface area contributed by atoms with Crippen molar-refractivity contribution >= 4 is 18.8 Å². The molecule has 0 atom stereocenters. The van der Waals surface area contributed by atoms with Gasteiger partial charge in [-0.15, -0.1) is 0 Å². The molecule has 0 radical (unpaired) electrons. The van der Waals surface area contributed by atoms with Gasteiger partial charge in [0.1, 0.15) is 0 Å². The van der Waals surface area contributed by atoms with Crippen LogP contribution in [-0.4, -0.2) is 25.4 Å². The van der Waals surface area contributed by atoms with Gasteiger partial charge in [-0.25, -0.2) is 0 Å². The Labute approximate surface area is 118 Å². The number of unbranched alkanes of at least 4 members (excludes halogenated alkanes) is 1. The SMILES string of the molecule is C=C(C)[CH2][Sn]([CH2]C(=C)C)([CH2]C(=C)C)[O]CCCC. The van der Waals surface area contributed by atoms with Gasteiger partial charge in [0.05, 0.1) is 0 Å². The van der Waals surface area contributed by atoms with E-state index in [1.807, 2.05) is 0 Å². The third kappa shape index (κ3) is 8.15. The molecule has 18 heavy (non-hydrogen) atoms. The van der Waals surface area contributed by atoms with Crippen molar-refractivity contribution in [2.24, 2.45) is 0 Å². The standard InChI is InChI=1S/C4H9O.3C4H7.Sn/c1-2-3-4-5;3*1-4(2)3;/h2-4H2,1H3;3*1-2H2,3H3;/q-1;;;;+1. The van der Waals surface area contributed by atoms with E-state index >= 15 is 0 Å². The van der Waals surface area contributed by atoms with Gasteiger partial charge in [0.15, 0.2) is 0 Å².